The summed E-state index contributed by atoms with van der Waals surface area (Å²) in [5.74, 6) is 0. The van der Waals surface area contributed by atoms with Crippen LogP contribution in [0, 0.1) is 0 Å². The summed E-state index contributed by atoms with van der Waals surface area (Å²) in [6.07, 6.45) is 0. The van der Waals surface area contributed by atoms with E-state index >= 15 is 0 Å². The van der Waals surface area contributed by atoms with Gasteiger partial charge in [0, 0.05) is 28.2 Å². The number of aromatic nitrogens is 1. The van der Waals surface area contributed by atoms with Gasteiger partial charge < -0.3 is 10.6 Å². The summed E-state index contributed by atoms with van der Waals surface area (Å²) in [5.41, 5.74) is 10.5. The minimum atomic E-state index is 0.405. The van der Waals surface area contributed by atoms with E-state index in [4.69, 9.17) is 18.0 Å². The topological polar surface area (TPSA) is 42.2 Å². The first kappa shape index (κ1) is 13.5. The normalized spacial score (nSPS) is 10.3. The van der Waals surface area contributed by atoms with Gasteiger partial charge in [0.25, 0.3) is 0 Å². The standard InChI is InChI=1S/C12H12BrN3S2/c1-16(5-9-6-18-7-15-9)11-4-8(13)2-3-10(11)12(14)17/h2-4,6-7H,5H2,1H3,(H2,14,17). The molecule has 0 amide bonds. The number of thiazole rings is 1. The smallest absolute Gasteiger partial charge is 0.106 e. The summed E-state index contributed by atoms with van der Waals surface area (Å²) >= 11 is 10.1. The highest BCUT2D eigenvalue weighted by atomic mass is 79.9. The molecule has 0 unspecified atom stereocenters. The summed E-state index contributed by atoms with van der Waals surface area (Å²) in [7, 11) is 2.00. The summed E-state index contributed by atoms with van der Waals surface area (Å²) in [6.45, 7) is 0.732. The van der Waals surface area contributed by atoms with Crippen LogP contribution in [0.2, 0.25) is 0 Å². The number of nitrogens with zero attached hydrogens (tertiary/aromatic N) is 2. The minimum Gasteiger partial charge on any atom is -0.389 e. The second-order valence-electron chi connectivity index (χ2n) is 3.86. The van der Waals surface area contributed by atoms with Crippen molar-refractivity contribution in [1.29, 1.82) is 0 Å². The Morgan fingerprint density at radius 3 is 2.94 bits per heavy atom. The zero-order valence-electron chi connectivity index (χ0n) is 9.76. The van der Waals surface area contributed by atoms with Gasteiger partial charge in [-0.05, 0) is 18.2 Å². The molecule has 3 nitrogen and oxygen atoms in total. The lowest BCUT2D eigenvalue weighted by Gasteiger charge is -2.21. The van der Waals surface area contributed by atoms with Gasteiger partial charge >= 0.3 is 0 Å². The number of rotatable bonds is 4. The van der Waals surface area contributed by atoms with Gasteiger partial charge in [0.05, 0.1) is 17.7 Å². The van der Waals surface area contributed by atoms with Gasteiger partial charge in [-0.1, -0.05) is 28.1 Å². The fourth-order valence-corrected chi connectivity index (χ4v) is 2.74. The van der Waals surface area contributed by atoms with E-state index < -0.39 is 0 Å². The molecule has 2 rings (SSSR count). The van der Waals surface area contributed by atoms with Crippen molar-refractivity contribution in [2.45, 2.75) is 6.54 Å². The quantitative estimate of drug-likeness (QED) is 0.867. The monoisotopic (exact) mass is 341 g/mol. The number of thiocarbonyl (C=S) groups is 1. The Morgan fingerprint density at radius 2 is 2.33 bits per heavy atom. The Balaban J connectivity index is 2.31. The van der Waals surface area contributed by atoms with Crippen LogP contribution >= 0.6 is 39.5 Å². The first-order valence-corrected chi connectivity index (χ1v) is 7.40. The Kier molecular flexibility index (Phi) is 4.31. The predicted octanol–water partition coefficient (Wildman–Crippen LogP) is 3.18. The van der Waals surface area contributed by atoms with Gasteiger partial charge in [-0.2, -0.15) is 0 Å². The van der Waals surface area contributed by atoms with E-state index in [0.717, 1.165) is 28.0 Å². The van der Waals surface area contributed by atoms with E-state index in [1.807, 2.05) is 36.1 Å². The Morgan fingerprint density at radius 1 is 1.56 bits per heavy atom. The van der Waals surface area contributed by atoms with E-state index in [2.05, 4.69) is 25.8 Å². The molecule has 6 heteroatoms. The summed E-state index contributed by atoms with van der Waals surface area (Å²) in [5, 5.41) is 2.04. The molecule has 0 aliphatic carbocycles. The third-order valence-electron chi connectivity index (χ3n) is 2.52. The molecule has 0 fully saturated rings. The number of nitrogens with two attached hydrogens (primary N) is 1. The van der Waals surface area contributed by atoms with Gasteiger partial charge in [-0.25, -0.2) is 4.98 Å². The van der Waals surface area contributed by atoms with Crippen LogP contribution in [0.1, 0.15) is 11.3 Å². The molecule has 0 saturated heterocycles. The third kappa shape index (κ3) is 3.07. The highest BCUT2D eigenvalue weighted by Crippen LogP contribution is 2.25. The van der Waals surface area contributed by atoms with Gasteiger partial charge in [0.2, 0.25) is 0 Å². The zero-order valence-corrected chi connectivity index (χ0v) is 13.0. The van der Waals surface area contributed by atoms with Crippen LogP contribution in [0.4, 0.5) is 5.69 Å². The van der Waals surface area contributed by atoms with Crippen molar-refractivity contribution >= 4 is 50.2 Å². The minimum absolute atomic E-state index is 0.405. The van der Waals surface area contributed by atoms with Crippen LogP contribution in [0.3, 0.4) is 0 Å². The first-order valence-electron chi connectivity index (χ1n) is 5.25. The second-order valence-corrected chi connectivity index (χ2v) is 5.94. The number of hydrogen-bond donors (Lipinski definition) is 1. The molecule has 18 heavy (non-hydrogen) atoms. The lowest BCUT2D eigenvalue weighted by Crippen LogP contribution is -2.21. The van der Waals surface area contributed by atoms with Crippen molar-refractivity contribution in [1.82, 2.24) is 4.98 Å². The van der Waals surface area contributed by atoms with Gasteiger partial charge in [0.1, 0.15) is 4.99 Å². The van der Waals surface area contributed by atoms with Crippen molar-refractivity contribution in [2.24, 2.45) is 5.73 Å². The SMILES string of the molecule is CN(Cc1cscn1)c1cc(Br)ccc1C(N)=S. The van der Waals surface area contributed by atoms with Crippen LogP contribution in [0.5, 0.6) is 0 Å². The molecular weight excluding hydrogens is 330 g/mol. The summed E-state index contributed by atoms with van der Waals surface area (Å²) in [6, 6.07) is 5.88. The van der Waals surface area contributed by atoms with Crippen molar-refractivity contribution in [3.8, 4) is 0 Å². The molecule has 0 radical (unpaired) electrons. The van der Waals surface area contributed by atoms with Crippen LogP contribution in [0.15, 0.2) is 33.6 Å². The van der Waals surface area contributed by atoms with Crippen LogP contribution in [-0.4, -0.2) is 17.0 Å². The molecule has 1 aromatic heterocycles. The van der Waals surface area contributed by atoms with Crippen molar-refractivity contribution < 1.29 is 0 Å². The maximum Gasteiger partial charge on any atom is 0.106 e. The average Bonchev–Trinajstić information content (AvgIpc) is 2.81. The number of hydrogen-bond acceptors (Lipinski definition) is 4. The maximum absolute atomic E-state index is 5.75. The third-order valence-corrected chi connectivity index (χ3v) is 3.87. The lowest BCUT2D eigenvalue weighted by atomic mass is 10.1. The van der Waals surface area contributed by atoms with Crippen LogP contribution in [0.25, 0.3) is 0 Å². The maximum atomic E-state index is 5.75. The molecule has 0 aliphatic heterocycles. The number of benzene rings is 1. The van der Waals surface area contributed by atoms with E-state index in [1.54, 1.807) is 11.3 Å². The molecule has 2 aromatic rings. The van der Waals surface area contributed by atoms with Gasteiger partial charge in [-0.15, -0.1) is 11.3 Å². The summed E-state index contributed by atoms with van der Waals surface area (Å²) in [4.78, 5) is 6.78. The molecule has 0 bridgehead atoms. The van der Waals surface area contributed by atoms with E-state index in [9.17, 15) is 0 Å². The van der Waals surface area contributed by atoms with E-state index in [1.165, 1.54) is 0 Å². The number of halogens is 1. The van der Waals surface area contributed by atoms with Gasteiger partial charge in [0.15, 0.2) is 0 Å². The molecule has 0 saturated carbocycles. The van der Waals surface area contributed by atoms with Gasteiger partial charge in [-0.3, -0.25) is 0 Å². The lowest BCUT2D eigenvalue weighted by molar-refractivity contribution is 0.893. The van der Waals surface area contributed by atoms with Crippen LogP contribution in [-0.2, 0) is 6.54 Å². The summed E-state index contributed by atoms with van der Waals surface area (Å²) < 4.78 is 1.00. The molecule has 0 aliphatic rings. The zero-order chi connectivity index (χ0) is 13.1. The molecule has 2 N–H and O–H groups in total. The van der Waals surface area contributed by atoms with Crippen molar-refractivity contribution in [2.75, 3.05) is 11.9 Å². The van der Waals surface area contributed by atoms with Crippen molar-refractivity contribution in [3.05, 3.63) is 44.8 Å². The molecule has 0 atom stereocenters. The fraction of sp³-hybridized carbons (Fsp3) is 0.167. The highest BCUT2D eigenvalue weighted by molar-refractivity contribution is 9.10. The molecule has 0 spiro atoms. The molecule has 1 aromatic carbocycles. The first-order chi connectivity index (χ1) is 8.58. The molecule has 94 valence electrons. The molecule has 1 heterocycles. The second kappa shape index (κ2) is 5.77. The van der Waals surface area contributed by atoms with Crippen molar-refractivity contribution in [3.63, 3.8) is 0 Å². The highest BCUT2D eigenvalue weighted by Gasteiger charge is 2.11. The molecular formula is C12H12BrN3S2. The fourth-order valence-electron chi connectivity index (χ4n) is 1.67. The Bertz CT molecular complexity index is 554. The Hall–Kier alpha value is -0.980. The largest absolute Gasteiger partial charge is 0.389 e. The number of anilines is 1. The average molecular weight is 342 g/mol. The predicted molar refractivity (Wildman–Crippen MR) is 84.3 cm³/mol. The van der Waals surface area contributed by atoms with E-state index in [0.29, 0.717) is 4.99 Å². The van der Waals surface area contributed by atoms with E-state index in [-0.39, 0.29) is 0 Å². The van der Waals surface area contributed by atoms with Crippen LogP contribution < -0.4 is 10.6 Å². The Labute approximate surface area is 124 Å².